The minimum Gasteiger partial charge on any atom is -0.481 e. The molecule has 0 unspecified atom stereocenters. The predicted molar refractivity (Wildman–Crippen MR) is 466 cm³/mol. The van der Waals surface area contributed by atoms with Crippen molar-refractivity contribution < 1.29 is 199 Å². The highest BCUT2D eigenvalue weighted by atomic mass is 32.2. The molecule has 1 aromatic carbocycles. The Labute approximate surface area is 782 Å². The monoisotopic (exact) mass is 1980 g/mol. The number of nitrogen functional groups attached to an aromatic ring is 1. The number of carboxylic acid groups (broad SMARTS) is 4. The van der Waals surface area contributed by atoms with Gasteiger partial charge in [0.1, 0.15) is 85.1 Å². The highest BCUT2D eigenvalue weighted by molar-refractivity contribution is 7.98. The fourth-order valence-corrected chi connectivity index (χ4v) is 13.9. The molecule has 0 saturated carbocycles. The van der Waals surface area contributed by atoms with Crippen molar-refractivity contribution in [2.75, 3.05) is 75.7 Å². The first kappa shape index (κ1) is 120. The van der Waals surface area contributed by atoms with Gasteiger partial charge in [0.05, 0.1) is 93.3 Å². The number of rotatable bonds is 71. The summed E-state index contributed by atoms with van der Waals surface area (Å²) >= 11 is 0.968. The molecule has 24 atom stereocenters. The van der Waals surface area contributed by atoms with Crippen LogP contribution in [-0.4, -0.2) is 423 Å². The lowest BCUT2D eigenvalue weighted by molar-refractivity contribution is -0.143. The number of nitrogens with zero attached hydrogens (tertiary/aromatic N) is 3. The number of aromatic amines is 1. The maximum absolute atomic E-state index is 15.2. The van der Waals surface area contributed by atoms with Gasteiger partial charge in [0.15, 0.2) is 28.5 Å². The molecular weight excluding hydrogens is 1860 g/mol. The number of anilines is 2. The topological polar surface area (TPSA) is 964 Å². The van der Waals surface area contributed by atoms with E-state index >= 15 is 14.4 Å². The van der Waals surface area contributed by atoms with Crippen LogP contribution in [0.4, 0.5) is 11.6 Å². The zero-order valence-electron chi connectivity index (χ0n) is 74.0. The Hall–Kier alpha value is -11.1. The minimum absolute atomic E-state index is 0.0147. The van der Waals surface area contributed by atoms with Gasteiger partial charge in [0.2, 0.25) is 47.3 Å². The van der Waals surface area contributed by atoms with E-state index in [1.807, 2.05) is 0 Å². The fraction of sp³-hybridized carbons (Fsp3) is 0.654. The van der Waals surface area contributed by atoms with E-state index in [9.17, 15) is 190 Å². The molecule has 55 nitrogen and oxygen atoms in total. The number of hydrogen-bond donors (Lipinski definition) is 35. The summed E-state index contributed by atoms with van der Waals surface area (Å²) in [7, 11) is 0. The average molecular weight is 1980 g/mol. The van der Waals surface area contributed by atoms with E-state index in [2.05, 4.69) is 67.8 Å². The Morgan fingerprint density at radius 2 is 0.723 bits per heavy atom. The molecule has 0 spiro atoms. The summed E-state index contributed by atoms with van der Waals surface area (Å²) in [5, 5.41) is 262. The normalized spacial score (nSPS) is 16.9. The number of nitrogens with one attached hydrogen (secondary N) is 10. The number of benzene rings is 1. The number of aliphatic hydroxyl groups is 20. The van der Waals surface area contributed by atoms with Crippen LogP contribution in [0.3, 0.4) is 0 Å². The molecule has 770 valence electrons. The van der Waals surface area contributed by atoms with Crippen LogP contribution in [0, 0.1) is 23.7 Å². The van der Waals surface area contributed by atoms with Gasteiger partial charge in [-0.2, -0.15) is 16.7 Å². The van der Waals surface area contributed by atoms with Crippen LogP contribution in [0.25, 0.3) is 11.2 Å². The zero-order valence-corrected chi connectivity index (χ0v) is 74.9. The number of H-pyrrole nitrogens is 1. The van der Waals surface area contributed by atoms with Crippen LogP contribution in [-0.2, 0) is 78.5 Å². The molecule has 0 aliphatic heterocycles. The fourth-order valence-electron chi connectivity index (χ4n) is 13.2. The second kappa shape index (κ2) is 61.3. The highest BCUT2D eigenvalue weighted by Gasteiger charge is 2.40. The number of hydrogen-bond acceptors (Lipinski definition) is 43. The van der Waals surface area contributed by atoms with Gasteiger partial charge in [-0.3, -0.25) is 81.7 Å². The first-order chi connectivity index (χ1) is 64.4. The van der Waals surface area contributed by atoms with Crippen molar-refractivity contribution in [3.8, 4) is 0 Å². The quantitative estimate of drug-likeness (QED) is 0.0249. The maximum Gasteiger partial charge on any atom is 0.326 e. The molecule has 8 amide bonds. The second-order valence-electron chi connectivity index (χ2n) is 32.3. The number of carbonyl (C=O) groups is 16. The number of fused-ring (bicyclic) bond motifs is 1. The molecule has 3 rings (SSSR count). The first-order valence-electron chi connectivity index (χ1n) is 42.9. The zero-order chi connectivity index (χ0) is 103. The summed E-state index contributed by atoms with van der Waals surface area (Å²) in [6.07, 6.45) is -48.2. The molecule has 2 heterocycles. The summed E-state index contributed by atoms with van der Waals surface area (Å²) in [4.78, 5) is 247. The van der Waals surface area contributed by atoms with E-state index in [1.54, 1.807) is 0 Å². The number of aromatic nitrogens is 4. The summed E-state index contributed by atoms with van der Waals surface area (Å²) in [6, 6.07) is -2.77. The van der Waals surface area contributed by atoms with Crippen molar-refractivity contribution in [1.29, 1.82) is 0 Å². The third-order valence-electron chi connectivity index (χ3n) is 21.6. The van der Waals surface area contributed by atoms with Crippen molar-refractivity contribution in [1.82, 2.24) is 62.5 Å². The number of thioether (sulfide) groups is 1. The number of nitrogens with two attached hydrogens (primary N) is 1. The third kappa shape index (κ3) is 42.4. The predicted octanol–water partition coefficient (Wildman–Crippen LogP) is -13.9. The molecule has 3 aromatic rings. The SMILES string of the molecule is CSC[C@H](CC(=O)[C@H](CCC(=O)NC[C@H](O)[C@@H](O)[C@H](O)[C@H](O)CO)NC(=O)[C@H](CCC(=O)O)CC(=O)[C@H](CCC(=O)NC[C@H](O)[C@@H](O)[C@H](O)[C@H](O)CO)NC(=O)[C@H](CCC(=O)NC[C@H](O)[C@@H](O)[C@H](O)[C@H](O)CO)CC(=O)[C@H](CCC(=O)O)NC(=O)[C@H](CCC(=O)NC[C@H](O)[C@@H](O)[C@H](O)[C@H](O)CO)CC(=O)CC[C@H](NC(=O)c1ccc(NCc2cnc3nc(N)[nH]c(=O)c3n2)cc1)C(=O)O)C(=O)O. The molecule has 2 aromatic heterocycles. The van der Waals surface area contributed by atoms with E-state index in [0.717, 1.165) is 11.8 Å². The van der Waals surface area contributed by atoms with E-state index in [0.29, 0.717) is 5.69 Å². The lowest BCUT2D eigenvalue weighted by Gasteiger charge is -2.27. The molecule has 0 bridgehead atoms. The molecule has 0 radical (unpaired) electrons. The molecule has 0 fully saturated rings. The number of carbonyl (C=O) groups excluding carboxylic acids is 12. The van der Waals surface area contributed by atoms with Gasteiger partial charge in [-0.05, 0) is 75.5 Å². The van der Waals surface area contributed by atoms with Gasteiger partial charge >= 0.3 is 23.9 Å². The minimum atomic E-state index is -2.29. The Morgan fingerprint density at radius 1 is 0.394 bits per heavy atom. The Kier molecular flexibility index (Phi) is 53.7. The number of aliphatic carboxylic acids is 4. The number of carboxylic acids is 4. The molecule has 0 aliphatic rings. The Morgan fingerprint density at radius 3 is 1.07 bits per heavy atom. The number of aliphatic hydroxyl groups excluding tert-OH is 20. The molecule has 56 heteroatoms. The van der Waals surface area contributed by atoms with Crippen molar-refractivity contribution in [3.05, 3.63) is 52.1 Å². The van der Waals surface area contributed by atoms with Crippen molar-refractivity contribution in [2.45, 2.75) is 244 Å². The molecule has 0 aliphatic carbocycles. The third-order valence-corrected chi connectivity index (χ3v) is 22.4. The highest BCUT2D eigenvalue weighted by Crippen LogP contribution is 2.25. The standard InChI is InChI=1S/C81H124N14O41S/c1-137-34-39(79(133)134)23-49(103)44(12-17-61(115)87-29-53(107)68(123)72(127)57(111)33-99)91-77(131)38(6-18-62(116)117)22-47(101)43(11-16-60(114)86-28-52(106)67(122)71(126)56(110)32-98)90-76(130)37(5-15-59(113)85-27-51(105)66(121)70(125)55(109)31-97)21-48(102)45(13-19-63(118)119)92-75(129)36(4-14-58(112)84-26-50(104)65(120)69(124)54(108)30-96)20-42(100)9-10-46(80(135)136)93-74(128)35-2-7-40(8-3-35)83-24-41-25-88-73-64(89-41)78(132)95-81(82)94-73/h2-3,7-8,25,36-39,43-46,50-57,65-72,83,96-99,104-111,120-127H,4-6,9-24,26-34H2,1H3,(H,84,112)(H,85,113)(H,86,114)(H,87,115)(H,90,130)(H,91,131)(H,92,129)(H,93,128)(H,116,117)(H,118,119)(H,133,134)(H,135,136)(H3,82,88,94,95,132)/t36-,37-,38-,39+,43+,44+,45+,46+,50+,51+,52+,53+,54-,55-,56-,57-,65-,66-,67-,68-,69-,70-,71-,72-/m1/s1. The van der Waals surface area contributed by atoms with E-state index in [-0.39, 0.29) is 40.7 Å². The van der Waals surface area contributed by atoms with Crippen LogP contribution in [0.15, 0.2) is 35.3 Å². The lowest BCUT2D eigenvalue weighted by atomic mass is 9.88. The van der Waals surface area contributed by atoms with Crippen LogP contribution < -0.4 is 59.1 Å². The van der Waals surface area contributed by atoms with Gasteiger partial charge in [-0.25, -0.2) is 14.8 Å². The van der Waals surface area contributed by atoms with Gasteiger partial charge in [-0.15, -0.1) is 0 Å². The van der Waals surface area contributed by atoms with E-state index in [4.69, 9.17) is 5.73 Å². The Bertz CT molecular complexity index is 4530. The van der Waals surface area contributed by atoms with Crippen LogP contribution in [0.2, 0.25) is 0 Å². The summed E-state index contributed by atoms with van der Waals surface area (Å²) in [6.45, 7) is -8.23. The van der Waals surface area contributed by atoms with Crippen LogP contribution >= 0.6 is 11.8 Å². The van der Waals surface area contributed by atoms with Crippen LogP contribution in [0.1, 0.15) is 132 Å². The molecular formula is C81H124N14O41S. The van der Waals surface area contributed by atoms with Gasteiger partial charge < -0.3 is 176 Å². The lowest BCUT2D eigenvalue weighted by Crippen LogP contribution is -2.50. The van der Waals surface area contributed by atoms with Gasteiger partial charge in [0.25, 0.3) is 11.5 Å². The van der Waals surface area contributed by atoms with Crippen molar-refractivity contribution in [3.63, 3.8) is 0 Å². The first-order valence-corrected chi connectivity index (χ1v) is 44.3. The van der Waals surface area contributed by atoms with Crippen LogP contribution in [0.5, 0.6) is 0 Å². The average Bonchev–Trinajstić information content (AvgIpc) is 0.807. The second-order valence-corrected chi connectivity index (χ2v) is 33.2. The molecule has 36 N–H and O–H groups in total. The molecule has 137 heavy (non-hydrogen) atoms. The Balaban J connectivity index is 2.23. The summed E-state index contributed by atoms with van der Waals surface area (Å²) < 4.78 is 0. The number of ketones is 4. The number of Topliss-reactive ketones (excluding diaryl/α,β-unsaturated/α-hetero) is 4. The number of amides is 8. The maximum atomic E-state index is 15.2. The van der Waals surface area contributed by atoms with E-state index in [1.165, 1.54) is 36.7 Å². The van der Waals surface area contributed by atoms with Gasteiger partial charge in [0, 0.05) is 132 Å². The summed E-state index contributed by atoms with van der Waals surface area (Å²) in [5.41, 5.74) is 5.30. The largest absolute Gasteiger partial charge is 0.481 e. The molecule has 0 saturated heterocycles. The van der Waals surface area contributed by atoms with Gasteiger partial charge in [-0.1, -0.05) is 0 Å². The smallest absolute Gasteiger partial charge is 0.326 e. The van der Waals surface area contributed by atoms with Crippen molar-refractivity contribution in [2.24, 2.45) is 23.7 Å². The summed E-state index contributed by atoms with van der Waals surface area (Å²) in [5.74, 6) is -29.0. The van der Waals surface area contributed by atoms with Crippen molar-refractivity contribution >= 4 is 129 Å². The van der Waals surface area contributed by atoms with E-state index < -0.39 is 414 Å².